The summed E-state index contributed by atoms with van der Waals surface area (Å²) in [5.41, 5.74) is 1.55. The van der Waals surface area contributed by atoms with Crippen molar-refractivity contribution in [2.75, 3.05) is 51.4 Å². The lowest BCUT2D eigenvalue weighted by atomic mass is 10.1. The second-order valence-electron chi connectivity index (χ2n) is 7.23. The standard InChI is InChI=1S/C21H26N4O5/c1-24-6-2-3-16(24)17(25-7-9-28-10-8-25)14-22-20(26)21(27)23-15-4-5-18-19(13-15)30-12-11-29-18/h2-6,13,17H,7-12,14H2,1H3,(H,22,26)(H,23,27)/t17-/m0/s1. The second-order valence-corrected chi connectivity index (χ2v) is 7.23. The molecule has 0 bridgehead atoms. The lowest BCUT2D eigenvalue weighted by molar-refractivity contribution is -0.136. The van der Waals surface area contributed by atoms with E-state index in [1.807, 2.05) is 29.9 Å². The Morgan fingerprint density at radius 3 is 2.53 bits per heavy atom. The number of carbonyl (C=O) groups is 2. The molecule has 0 unspecified atom stereocenters. The first kappa shape index (κ1) is 20.2. The molecule has 2 amide bonds. The molecular weight excluding hydrogens is 388 g/mol. The zero-order valence-electron chi connectivity index (χ0n) is 16.9. The summed E-state index contributed by atoms with van der Waals surface area (Å²) in [4.78, 5) is 27.1. The number of benzene rings is 1. The van der Waals surface area contributed by atoms with Gasteiger partial charge in [-0.1, -0.05) is 0 Å². The van der Waals surface area contributed by atoms with E-state index >= 15 is 0 Å². The minimum atomic E-state index is -0.723. The number of aryl methyl sites for hydroxylation is 1. The van der Waals surface area contributed by atoms with Crippen LogP contribution >= 0.6 is 0 Å². The number of ether oxygens (including phenoxy) is 3. The van der Waals surface area contributed by atoms with Gasteiger partial charge in [-0.15, -0.1) is 0 Å². The van der Waals surface area contributed by atoms with E-state index < -0.39 is 11.8 Å². The number of nitrogens with one attached hydrogen (secondary N) is 2. The number of aromatic nitrogens is 1. The van der Waals surface area contributed by atoms with Crippen LogP contribution in [0.2, 0.25) is 0 Å². The summed E-state index contributed by atoms with van der Waals surface area (Å²) in [6.45, 7) is 4.12. The van der Waals surface area contributed by atoms with Crippen LogP contribution < -0.4 is 20.1 Å². The molecule has 2 aliphatic rings. The van der Waals surface area contributed by atoms with Crippen LogP contribution in [0.1, 0.15) is 11.7 Å². The fraction of sp³-hybridized carbons (Fsp3) is 0.429. The smallest absolute Gasteiger partial charge is 0.313 e. The largest absolute Gasteiger partial charge is 0.486 e. The van der Waals surface area contributed by atoms with Crippen LogP contribution in [0.3, 0.4) is 0 Å². The van der Waals surface area contributed by atoms with Gasteiger partial charge in [0.1, 0.15) is 13.2 Å². The molecule has 1 saturated heterocycles. The quantitative estimate of drug-likeness (QED) is 0.707. The zero-order chi connectivity index (χ0) is 20.9. The Balaban J connectivity index is 1.38. The van der Waals surface area contributed by atoms with E-state index in [9.17, 15) is 9.59 Å². The molecule has 1 atom stereocenters. The van der Waals surface area contributed by atoms with Crippen LogP contribution in [0.5, 0.6) is 11.5 Å². The molecule has 0 saturated carbocycles. The van der Waals surface area contributed by atoms with E-state index in [4.69, 9.17) is 14.2 Å². The van der Waals surface area contributed by atoms with Crippen molar-refractivity contribution in [3.8, 4) is 11.5 Å². The number of amides is 2. The molecule has 9 nitrogen and oxygen atoms in total. The molecule has 3 heterocycles. The number of nitrogens with zero attached hydrogens (tertiary/aromatic N) is 2. The van der Waals surface area contributed by atoms with Crippen molar-refractivity contribution in [1.82, 2.24) is 14.8 Å². The molecule has 2 N–H and O–H groups in total. The van der Waals surface area contributed by atoms with Crippen LogP contribution in [0.4, 0.5) is 5.69 Å². The van der Waals surface area contributed by atoms with Gasteiger partial charge < -0.3 is 29.4 Å². The fourth-order valence-corrected chi connectivity index (χ4v) is 3.71. The van der Waals surface area contributed by atoms with Gasteiger partial charge in [-0.2, -0.15) is 0 Å². The Bertz CT molecular complexity index is 907. The molecule has 2 aliphatic heterocycles. The van der Waals surface area contributed by atoms with Crippen LogP contribution in [0.15, 0.2) is 36.5 Å². The first-order valence-electron chi connectivity index (χ1n) is 10.0. The van der Waals surface area contributed by atoms with Gasteiger partial charge in [-0.25, -0.2) is 0 Å². The van der Waals surface area contributed by atoms with Gasteiger partial charge in [0.05, 0.1) is 19.3 Å². The Hall–Kier alpha value is -3.04. The van der Waals surface area contributed by atoms with Gasteiger partial charge in [-0.05, 0) is 24.3 Å². The first-order chi connectivity index (χ1) is 14.6. The van der Waals surface area contributed by atoms with Crippen molar-refractivity contribution in [3.63, 3.8) is 0 Å². The zero-order valence-corrected chi connectivity index (χ0v) is 16.9. The lowest BCUT2D eigenvalue weighted by Crippen LogP contribution is -2.46. The summed E-state index contributed by atoms with van der Waals surface area (Å²) in [6.07, 6.45) is 1.97. The van der Waals surface area contributed by atoms with Crippen LogP contribution in [-0.4, -0.2) is 67.3 Å². The molecule has 0 spiro atoms. The third kappa shape index (κ3) is 4.58. The molecule has 1 aromatic heterocycles. The van der Waals surface area contributed by atoms with Crippen molar-refractivity contribution < 1.29 is 23.8 Å². The minimum absolute atomic E-state index is 0.0417. The summed E-state index contributed by atoms with van der Waals surface area (Å²) in [5, 5.41) is 5.39. The van der Waals surface area contributed by atoms with Gasteiger partial charge in [0.25, 0.3) is 0 Å². The normalized spacial score (nSPS) is 17.2. The molecule has 9 heteroatoms. The van der Waals surface area contributed by atoms with E-state index in [0.717, 1.165) is 18.8 Å². The van der Waals surface area contributed by atoms with Crippen LogP contribution in [0, 0.1) is 0 Å². The summed E-state index contributed by atoms with van der Waals surface area (Å²) >= 11 is 0. The molecule has 30 heavy (non-hydrogen) atoms. The maximum absolute atomic E-state index is 12.4. The molecule has 160 valence electrons. The Morgan fingerprint density at radius 2 is 1.80 bits per heavy atom. The van der Waals surface area contributed by atoms with Gasteiger partial charge >= 0.3 is 11.8 Å². The Morgan fingerprint density at radius 1 is 1.03 bits per heavy atom. The van der Waals surface area contributed by atoms with E-state index in [0.29, 0.717) is 50.2 Å². The maximum Gasteiger partial charge on any atom is 0.313 e. The second kappa shape index (κ2) is 9.19. The van der Waals surface area contributed by atoms with E-state index in [2.05, 4.69) is 15.5 Å². The highest BCUT2D eigenvalue weighted by Gasteiger charge is 2.26. The Kier molecular flexibility index (Phi) is 6.20. The average Bonchev–Trinajstić information content (AvgIpc) is 3.20. The molecule has 0 radical (unpaired) electrons. The summed E-state index contributed by atoms with van der Waals surface area (Å²) in [7, 11) is 1.97. The first-order valence-corrected chi connectivity index (χ1v) is 10.0. The number of fused-ring (bicyclic) bond motifs is 1. The summed E-state index contributed by atoms with van der Waals surface area (Å²) in [6, 6.07) is 9.01. The predicted molar refractivity (Wildman–Crippen MR) is 110 cm³/mol. The third-order valence-corrected chi connectivity index (χ3v) is 5.27. The number of hydrogen-bond acceptors (Lipinski definition) is 6. The summed E-state index contributed by atoms with van der Waals surface area (Å²) in [5.74, 6) is -0.230. The van der Waals surface area contributed by atoms with Gasteiger partial charge in [0.15, 0.2) is 11.5 Å². The van der Waals surface area contributed by atoms with E-state index in [1.165, 1.54) is 0 Å². The molecule has 4 rings (SSSR count). The highest BCUT2D eigenvalue weighted by Crippen LogP contribution is 2.32. The van der Waals surface area contributed by atoms with Crippen molar-refractivity contribution in [2.24, 2.45) is 7.05 Å². The SMILES string of the molecule is Cn1cccc1[C@H](CNC(=O)C(=O)Nc1ccc2c(c1)OCCO2)N1CCOCC1. The van der Waals surface area contributed by atoms with Crippen molar-refractivity contribution in [3.05, 3.63) is 42.2 Å². The average molecular weight is 414 g/mol. The van der Waals surface area contributed by atoms with Gasteiger partial charge in [-0.3, -0.25) is 14.5 Å². The topological polar surface area (TPSA) is 94.1 Å². The van der Waals surface area contributed by atoms with E-state index in [1.54, 1.807) is 18.2 Å². The number of rotatable bonds is 5. The number of anilines is 1. The van der Waals surface area contributed by atoms with Gasteiger partial charge in [0, 0.05) is 50.3 Å². The van der Waals surface area contributed by atoms with Crippen molar-refractivity contribution >= 4 is 17.5 Å². The molecule has 1 aromatic carbocycles. The predicted octanol–water partition coefficient (Wildman–Crippen LogP) is 0.924. The number of morpholine rings is 1. The summed E-state index contributed by atoms with van der Waals surface area (Å²) < 4.78 is 18.5. The highest BCUT2D eigenvalue weighted by molar-refractivity contribution is 6.39. The molecule has 1 fully saturated rings. The fourth-order valence-electron chi connectivity index (χ4n) is 3.71. The lowest BCUT2D eigenvalue weighted by Gasteiger charge is -2.34. The maximum atomic E-state index is 12.4. The van der Waals surface area contributed by atoms with Gasteiger partial charge in [0.2, 0.25) is 0 Å². The molecular formula is C21H26N4O5. The Labute approximate surface area is 174 Å². The van der Waals surface area contributed by atoms with Crippen LogP contribution in [-0.2, 0) is 21.4 Å². The van der Waals surface area contributed by atoms with Crippen molar-refractivity contribution in [2.45, 2.75) is 6.04 Å². The third-order valence-electron chi connectivity index (χ3n) is 5.27. The number of hydrogen-bond donors (Lipinski definition) is 2. The number of carbonyl (C=O) groups excluding carboxylic acids is 2. The van der Waals surface area contributed by atoms with Crippen LogP contribution in [0.25, 0.3) is 0 Å². The van der Waals surface area contributed by atoms with E-state index in [-0.39, 0.29) is 6.04 Å². The monoisotopic (exact) mass is 414 g/mol. The highest BCUT2D eigenvalue weighted by atomic mass is 16.6. The molecule has 0 aliphatic carbocycles. The minimum Gasteiger partial charge on any atom is -0.486 e. The molecule has 2 aromatic rings. The van der Waals surface area contributed by atoms with Crippen molar-refractivity contribution in [1.29, 1.82) is 0 Å².